The zero-order chi connectivity index (χ0) is 27.8. The Morgan fingerprint density at radius 3 is 2.50 bits per heavy atom. The number of amides is 1. The minimum Gasteiger partial charge on any atom is -0.346 e. The monoisotopic (exact) mass is 523 g/mol. The van der Waals surface area contributed by atoms with E-state index in [0.717, 1.165) is 34.1 Å². The number of carbonyl (C=O) groups excluding carboxylic acids is 1. The largest absolute Gasteiger partial charge is 0.346 e. The van der Waals surface area contributed by atoms with Gasteiger partial charge < -0.3 is 9.88 Å². The molecule has 40 heavy (non-hydrogen) atoms. The van der Waals surface area contributed by atoms with Crippen LogP contribution in [0.4, 0.5) is 5.69 Å². The van der Waals surface area contributed by atoms with Crippen LogP contribution < -0.4 is 5.32 Å². The topological polar surface area (TPSA) is 38.4 Å². The van der Waals surface area contributed by atoms with E-state index in [1.807, 2.05) is 36.4 Å². The second-order valence-electron chi connectivity index (χ2n) is 11.0. The third kappa shape index (κ3) is 4.92. The minimum atomic E-state index is -0.0564. The van der Waals surface area contributed by atoms with Gasteiger partial charge in [0.2, 0.25) is 0 Å². The molecule has 4 aromatic carbocycles. The Balaban J connectivity index is 1.22. The van der Waals surface area contributed by atoms with E-state index in [9.17, 15) is 4.79 Å². The van der Waals surface area contributed by atoms with E-state index < -0.39 is 0 Å². The summed E-state index contributed by atoms with van der Waals surface area (Å²) < 4.78 is 2.32. The second kappa shape index (κ2) is 10.5. The van der Waals surface area contributed by atoms with Crippen LogP contribution in [0.15, 0.2) is 91.0 Å². The summed E-state index contributed by atoms with van der Waals surface area (Å²) in [6.07, 6.45) is 2.54. The number of para-hydroxylation sites is 1. The lowest BCUT2D eigenvalue weighted by atomic mass is 10.0. The van der Waals surface area contributed by atoms with Gasteiger partial charge in [-0.15, -0.1) is 0 Å². The molecule has 0 bridgehead atoms. The Bertz CT molecular complexity index is 1770. The fourth-order valence-corrected chi connectivity index (χ4v) is 5.64. The van der Waals surface area contributed by atoms with Crippen molar-refractivity contribution in [1.82, 2.24) is 9.88 Å². The number of rotatable bonds is 7. The average Bonchev–Trinajstić information content (AvgIpc) is 3.82. The first-order valence-electron chi connectivity index (χ1n) is 14.0. The molecule has 0 unspecified atom stereocenters. The molecule has 1 aliphatic rings. The van der Waals surface area contributed by atoms with Gasteiger partial charge in [0.15, 0.2) is 5.69 Å². The molecule has 1 aliphatic carbocycles. The standard InChI is InChI=1S/C36H33N3O/c1-23-25(3)39(22-26-12-14-28(15-13-26)32-10-5-6-11-34(32)37-4)35-19-18-31(21-33(23)35)36(40)38-24(2)29-8-7-9-30(20-29)27-16-17-27/h5-15,18-21,24,27H,16-17,22H2,1-3H3,(H,38,40)/t24-/m0/s1. The second-order valence-corrected chi connectivity index (χ2v) is 11.0. The smallest absolute Gasteiger partial charge is 0.251 e. The van der Waals surface area contributed by atoms with Gasteiger partial charge >= 0.3 is 0 Å². The lowest BCUT2D eigenvalue weighted by Crippen LogP contribution is -2.26. The average molecular weight is 524 g/mol. The van der Waals surface area contributed by atoms with Crippen molar-refractivity contribution in [3.63, 3.8) is 0 Å². The summed E-state index contributed by atoms with van der Waals surface area (Å²) in [4.78, 5) is 16.9. The van der Waals surface area contributed by atoms with E-state index in [1.54, 1.807) is 0 Å². The maximum atomic E-state index is 13.3. The van der Waals surface area contributed by atoms with Crippen molar-refractivity contribution >= 4 is 22.5 Å². The number of fused-ring (bicyclic) bond motifs is 1. The minimum absolute atomic E-state index is 0.0497. The fourth-order valence-electron chi connectivity index (χ4n) is 5.64. The maximum absolute atomic E-state index is 13.3. The molecule has 4 heteroatoms. The predicted molar refractivity (Wildman–Crippen MR) is 163 cm³/mol. The van der Waals surface area contributed by atoms with Crippen molar-refractivity contribution in [2.75, 3.05) is 0 Å². The van der Waals surface area contributed by atoms with Crippen molar-refractivity contribution in [2.24, 2.45) is 0 Å². The van der Waals surface area contributed by atoms with Gasteiger partial charge in [-0.25, -0.2) is 4.85 Å². The number of nitrogens with one attached hydrogen (secondary N) is 1. The van der Waals surface area contributed by atoms with Gasteiger partial charge in [-0.1, -0.05) is 72.8 Å². The fraction of sp³-hybridized carbons (Fsp3) is 0.222. The molecular formula is C36H33N3O. The van der Waals surface area contributed by atoms with Gasteiger partial charge in [0.05, 0.1) is 12.6 Å². The molecule has 1 N–H and O–H groups in total. The van der Waals surface area contributed by atoms with Gasteiger partial charge in [-0.05, 0) is 91.1 Å². The molecule has 1 aromatic heterocycles. The van der Waals surface area contributed by atoms with E-state index in [1.165, 1.54) is 35.2 Å². The SMILES string of the molecule is [C-]#[N+]c1ccccc1-c1ccc(Cn2c(C)c(C)c3cc(C(=O)N[C@@H](C)c4cccc(C5CC5)c4)ccc32)cc1. The number of carbonyl (C=O) groups is 1. The van der Waals surface area contributed by atoms with E-state index in [4.69, 9.17) is 6.57 Å². The summed E-state index contributed by atoms with van der Waals surface area (Å²) in [6, 6.07) is 30.8. The Kier molecular flexibility index (Phi) is 6.74. The van der Waals surface area contributed by atoms with Gasteiger partial charge in [-0.3, -0.25) is 4.79 Å². The molecule has 0 aliphatic heterocycles. The molecule has 0 spiro atoms. The van der Waals surface area contributed by atoms with Crippen molar-refractivity contribution in [3.05, 3.63) is 136 Å². The first-order chi connectivity index (χ1) is 19.4. The number of benzene rings is 4. The van der Waals surface area contributed by atoms with Crippen molar-refractivity contribution in [3.8, 4) is 11.1 Å². The molecular weight excluding hydrogens is 490 g/mol. The highest BCUT2D eigenvalue weighted by Crippen LogP contribution is 2.40. The molecule has 1 heterocycles. The van der Waals surface area contributed by atoms with E-state index in [0.29, 0.717) is 17.2 Å². The van der Waals surface area contributed by atoms with Crippen LogP contribution in [0.5, 0.6) is 0 Å². The van der Waals surface area contributed by atoms with Gasteiger partial charge in [0, 0.05) is 28.7 Å². The Morgan fingerprint density at radius 2 is 1.75 bits per heavy atom. The third-order valence-electron chi connectivity index (χ3n) is 8.34. The Hall–Kier alpha value is -4.62. The van der Waals surface area contributed by atoms with E-state index >= 15 is 0 Å². The molecule has 198 valence electrons. The summed E-state index contributed by atoms with van der Waals surface area (Å²) in [6.45, 7) is 14.5. The predicted octanol–water partition coefficient (Wildman–Crippen LogP) is 8.89. The van der Waals surface area contributed by atoms with Crippen LogP contribution in [-0.4, -0.2) is 10.5 Å². The lowest BCUT2D eigenvalue weighted by molar-refractivity contribution is 0.0940. The lowest BCUT2D eigenvalue weighted by Gasteiger charge is -2.16. The van der Waals surface area contributed by atoms with Crippen molar-refractivity contribution in [2.45, 2.75) is 52.1 Å². The van der Waals surface area contributed by atoms with E-state index in [-0.39, 0.29) is 11.9 Å². The number of aromatic nitrogens is 1. The quantitative estimate of drug-likeness (QED) is 0.213. The molecule has 1 saturated carbocycles. The summed E-state index contributed by atoms with van der Waals surface area (Å²) in [5.41, 5.74) is 10.6. The van der Waals surface area contributed by atoms with Crippen molar-refractivity contribution in [1.29, 1.82) is 0 Å². The highest BCUT2D eigenvalue weighted by Gasteiger charge is 2.24. The van der Waals surface area contributed by atoms with Crippen LogP contribution in [-0.2, 0) is 6.54 Å². The molecule has 4 nitrogen and oxygen atoms in total. The van der Waals surface area contributed by atoms with Crippen LogP contribution in [0.3, 0.4) is 0 Å². The summed E-state index contributed by atoms with van der Waals surface area (Å²) in [7, 11) is 0. The number of aryl methyl sites for hydroxylation is 1. The molecule has 1 fully saturated rings. The number of hydrogen-bond donors (Lipinski definition) is 1. The zero-order valence-electron chi connectivity index (χ0n) is 23.2. The molecule has 6 rings (SSSR count). The third-order valence-corrected chi connectivity index (χ3v) is 8.34. The van der Waals surface area contributed by atoms with Gasteiger partial charge in [-0.2, -0.15) is 0 Å². The van der Waals surface area contributed by atoms with Crippen molar-refractivity contribution < 1.29 is 4.79 Å². The van der Waals surface area contributed by atoms with Gasteiger partial charge in [0.25, 0.3) is 5.91 Å². The normalized spacial score (nSPS) is 13.7. The molecule has 0 saturated heterocycles. The summed E-state index contributed by atoms with van der Waals surface area (Å²) in [5, 5.41) is 4.31. The van der Waals surface area contributed by atoms with Crippen LogP contribution in [0.25, 0.3) is 26.9 Å². The molecule has 5 aromatic rings. The number of hydrogen-bond acceptors (Lipinski definition) is 1. The van der Waals surface area contributed by atoms with Crippen LogP contribution in [0, 0.1) is 20.4 Å². The molecule has 1 atom stereocenters. The van der Waals surface area contributed by atoms with Gasteiger partial charge in [0.1, 0.15) is 0 Å². The highest BCUT2D eigenvalue weighted by atomic mass is 16.1. The number of nitrogens with zero attached hydrogens (tertiary/aromatic N) is 2. The first-order valence-corrected chi connectivity index (χ1v) is 14.0. The van der Waals surface area contributed by atoms with Crippen LogP contribution >= 0.6 is 0 Å². The summed E-state index contributed by atoms with van der Waals surface area (Å²) >= 11 is 0. The van der Waals surface area contributed by atoms with Crippen LogP contribution in [0.1, 0.15) is 70.0 Å². The van der Waals surface area contributed by atoms with E-state index in [2.05, 4.69) is 90.1 Å². The molecule has 1 amide bonds. The maximum Gasteiger partial charge on any atom is 0.251 e. The zero-order valence-corrected chi connectivity index (χ0v) is 23.2. The molecule has 0 radical (unpaired) electrons. The highest BCUT2D eigenvalue weighted by molar-refractivity contribution is 5.99. The Morgan fingerprint density at radius 1 is 0.975 bits per heavy atom. The summed E-state index contributed by atoms with van der Waals surface area (Å²) in [5.74, 6) is 0.645. The first kappa shape index (κ1) is 25.6. The van der Waals surface area contributed by atoms with Crippen LogP contribution in [0.2, 0.25) is 0 Å². The Labute approximate surface area is 236 Å².